The zero-order valence-electron chi connectivity index (χ0n) is 15.0. The first-order valence-electron chi connectivity index (χ1n) is 9.26. The van der Waals surface area contributed by atoms with Crippen LogP contribution in [0, 0.1) is 5.41 Å². The van der Waals surface area contributed by atoms with E-state index in [1.165, 1.54) is 6.07 Å². The molecule has 1 atom stereocenters. The van der Waals surface area contributed by atoms with Gasteiger partial charge in [-0.3, -0.25) is 14.4 Å². The Kier molecular flexibility index (Phi) is 4.47. The molecule has 0 unspecified atom stereocenters. The number of para-hydroxylation sites is 1. The Labute approximate surface area is 156 Å². The van der Waals surface area contributed by atoms with Crippen molar-refractivity contribution in [2.75, 3.05) is 32.8 Å². The molecule has 0 aliphatic carbocycles. The van der Waals surface area contributed by atoms with Crippen LogP contribution in [-0.2, 0) is 4.79 Å². The molecule has 2 aliphatic rings. The lowest BCUT2D eigenvalue weighted by molar-refractivity contribution is -0.146. The van der Waals surface area contributed by atoms with Crippen molar-refractivity contribution in [2.45, 2.75) is 19.3 Å². The van der Waals surface area contributed by atoms with Crippen molar-refractivity contribution in [3.63, 3.8) is 0 Å². The molecule has 7 heteroatoms. The fourth-order valence-electron chi connectivity index (χ4n) is 4.28. The summed E-state index contributed by atoms with van der Waals surface area (Å²) in [6, 6.07) is 8.06. The topological polar surface area (TPSA) is 91.1 Å². The van der Waals surface area contributed by atoms with Gasteiger partial charge in [0.1, 0.15) is 5.58 Å². The summed E-state index contributed by atoms with van der Waals surface area (Å²) >= 11 is 0. The molecule has 0 saturated carbocycles. The van der Waals surface area contributed by atoms with Crippen molar-refractivity contribution >= 4 is 22.8 Å². The van der Waals surface area contributed by atoms with E-state index in [1.807, 2.05) is 0 Å². The van der Waals surface area contributed by atoms with Crippen LogP contribution in [0.2, 0.25) is 0 Å². The van der Waals surface area contributed by atoms with Crippen molar-refractivity contribution in [3.05, 3.63) is 46.3 Å². The van der Waals surface area contributed by atoms with Gasteiger partial charge in [-0.15, -0.1) is 0 Å². The number of benzene rings is 1. The van der Waals surface area contributed by atoms with Gasteiger partial charge in [0.05, 0.1) is 17.4 Å². The Hall–Kier alpha value is -2.67. The van der Waals surface area contributed by atoms with Crippen LogP contribution in [0.5, 0.6) is 0 Å². The highest BCUT2D eigenvalue weighted by molar-refractivity contribution is 5.94. The molecule has 2 saturated heterocycles. The second-order valence-corrected chi connectivity index (χ2v) is 7.35. The molecule has 1 N–H and O–H groups in total. The number of nitrogens with zero attached hydrogens (tertiary/aromatic N) is 2. The number of rotatable bonds is 3. The Morgan fingerprint density at radius 3 is 2.81 bits per heavy atom. The molecule has 1 spiro atoms. The molecule has 27 heavy (non-hydrogen) atoms. The van der Waals surface area contributed by atoms with Crippen molar-refractivity contribution in [1.82, 2.24) is 9.80 Å². The molecule has 1 aromatic carbocycles. The van der Waals surface area contributed by atoms with Crippen LogP contribution in [0.15, 0.2) is 39.5 Å². The highest BCUT2D eigenvalue weighted by Gasteiger charge is 2.49. The third kappa shape index (κ3) is 3.02. The number of aliphatic hydroxyl groups is 1. The molecule has 0 radical (unpaired) electrons. The lowest BCUT2D eigenvalue weighted by atomic mass is 9.78. The number of β-amino-alcohol motifs (C(OH)–C–C–N with tert-alkyl or cyclic N) is 1. The first-order valence-corrected chi connectivity index (χ1v) is 9.26. The average molecular weight is 370 g/mol. The maximum Gasteiger partial charge on any atom is 0.289 e. The van der Waals surface area contributed by atoms with Crippen molar-refractivity contribution in [1.29, 1.82) is 0 Å². The minimum atomic E-state index is -0.583. The monoisotopic (exact) mass is 370 g/mol. The number of hydrogen-bond donors (Lipinski definition) is 1. The number of carbonyl (C=O) groups is 2. The second kappa shape index (κ2) is 6.81. The van der Waals surface area contributed by atoms with Gasteiger partial charge in [0.2, 0.25) is 5.91 Å². The molecular formula is C20H22N2O5. The first-order chi connectivity index (χ1) is 13.0. The quantitative estimate of drug-likeness (QED) is 0.878. The first kappa shape index (κ1) is 17.7. The SMILES string of the molecule is O=C(c1cc(=O)c2ccccc2o1)N1CC[C@@]2(CCCN(CCO)C2=O)C1. The Morgan fingerprint density at radius 2 is 2.00 bits per heavy atom. The Bertz CT molecular complexity index is 951. The third-order valence-corrected chi connectivity index (χ3v) is 5.68. The molecule has 2 aliphatic heterocycles. The molecule has 0 bridgehead atoms. The molecule has 2 fully saturated rings. The minimum absolute atomic E-state index is 0.00576. The van der Waals surface area contributed by atoms with Crippen LogP contribution >= 0.6 is 0 Å². The number of hydrogen-bond acceptors (Lipinski definition) is 5. The highest BCUT2D eigenvalue weighted by atomic mass is 16.3. The van der Waals surface area contributed by atoms with E-state index in [9.17, 15) is 14.4 Å². The average Bonchev–Trinajstić information content (AvgIpc) is 3.10. The maximum atomic E-state index is 12.9. The largest absolute Gasteiger partial charge is 0.451 e. The summed E-state index contributed by atoms with van der Waals surface area (Å²) < 4.78 is 5.66. The molecule has 7 nitrogen and oxygen atoms in total. The van der Waals surface area contributed by atoms with Gasteiger partial charge in [-0.2, -0.15) is 0 Å². The highest BCUT2D eigenvalue weighted by Crippen LogP contribution is 2.40. The van der Waals surface area contributed by atoms with E-state index in [2.05, 4.69) is 0 Å². The standard InChI is InChI=1S/C20H22N2O5/c23-11-10-21-8-3-6-20(19(21)26)7-9-22(13-20)18(25)17-12-15(24)14-4-1-2-5-16(14)27-17/h1-2,4-5,12,23H,3,6-11,13H2/t20-/m0/s1. The van der Waals surface area contributed by atoms with Gasteiger partial charge in [0, 0.05) is 32.2 Å². The summed E-state index contributed by atoms with van der Waals surface area (Å²) in [4.78, 5) is 41.3. The summed E-state index contributed by atoms with van der Waals surface area (Å²) in [5, 5.41) is 9.61. The van der Waals surface area contributed by atoms with Gasteiger partial charge < -0.3 is 19.3 Å². The molecule has 2 aromatic rings. The summed E-state index contributed by atoms with van der Waals surface area (Å²) in [5.41, 5.74) is -0.456. The predicted octanol–water partition coefficient (Wildman–Crippen LogP) is 1.24. The zero-order chi connectivity index (χ0) is 19.0. The summed E-state index contributed by atoms with van der Waals surface area (Å²) in [5.74, 6) is -0.342. The van der Waals surface area contributed by atoms with Crippen LogP contribution in [-0.4, -0.2) is 59.5 Å². The van der Waals surface area contributed by atoms with Gasteiger partial charge in [0.15, 0.2) is 11.2 Å². The number of aliphatic hydroxyl groups excluding tert-OH is 1. The smallest absolute Gasteiger partial charge is 0.289 e. The second-order valence-electron chi connectivity index (χ2n) is 7.35. The zero-order valence-corrected chi connectivity index (χ0v) is 15.0. The van der Waals surface area contributed by atoms with Crippen LogP contribution in [0.1, 0.15) is 29.8 Å². The molecule has 142 valence electrons. The van der Waals surface area contributed by atoms with Gasteiger partial charge in [-0.05, 0) is 31.4 Å². The lowest BCUT2D eigenvalue weighted by Gasteiger charge is -2.39. The van der Waals surface area contributed by atoms with Crippen LogP contribution < -0.4 is 5.43 Å². The molecule has 3 heterocycles. The van der Waals surface area contributed by atoms with E-state index >= 15 is 0 Å². The Morgan fingerprint density at radius 1 is 1.19 bits per heavy atom. The van der Waals surface area contributed by atoms with Crippen molar-refractivity contribution in [3.8, 4) is 0 Å². The predicted molar refractivity (Wildman–Crippen MR) is 98.3 cm³/mol. The van der Waals surface area contributed by atoms with Gasteiger partial charge in [-0.1, -0.05) is 12.1 Å². The number of carbonyl (C=O) groups excluding carboxylic acids is 2. The number of fused-ring (bicyclic) bond motifs is 1. The van der Waals surface area contributed by atoms with E-state index in [-0.39, 0.29) is 29.6 Å². The van der Waals surface area contributed by atoms with Crippen molar-refractivity contribution in [2.24, 2.45) is 5.41 Å². The fraction of sp³-hybridized carbons (Fsp3) is 0.450. The fourth-order valence-corrected chi connectivity index (χ4v) is 4.28. The van der Waals surface area contributed by atoms with E-state index in [0.717, 1.165) is 12.8 Å². The van der Waals surface area contributed by atoms with Crippen molar-refractivity contribution < 1.29 is 19.1 Å². The molecule has 2 amide bonds. The molecule has 1 aromatic heterocycles. The van der Waals surface area contributed by atoms with Crippen LogP contribution in [0.25, 0.3) is 11.0 Å². The summed E-state index contributed by atoms with van der Waals surface area (Å²) in [6.45, 7) is 1.69. The molecular weight excluding hydrogens is 348 g/mol. The lowest BCUT2D eigenvalue weighted by Crippen LogP contribution is -2.51. The van der Waals surface area contributed by atoms with Crippen LogP contribution in [0.3, 0.4) is 0 Å². The normalized spacial score (nSPS) is 22.8. The van der Waals surface area contributed by atoms with Gasteiger partial charge >= 0.3 is 0 Å². The van der Waals surface area contributed by atoms with E-state index < -0.39 is 5.41 Å². The van der Waals surface area contributed by atoms with E-state index in [1.54, 1.807) is 34.1 Å². The third-order valence-electron chi connectivity index (χ3n) is 5.68. The van der Waals surface area contributed by atoms with E-state index in [4.69, 9.17) is 9.52 Å². The number of likely N-dealkylation sites (tertiary alicyclic amines) is 2. The van der Waals surface area contributed by atoms with Crippen LogP contribution in [0.4, 0.5) is 0 Å². The number of amides is 2. The summed E-state index contributed by atoms with van der Waals surface area (Å²) in [6.07, 6.45) is 2.19. The number of piperidine rings is 1. The minimum Gasteiger partial charge on any atom is -0.451 e. The van der Waals surface area contributed by atoms with Gasteiger partial charge in [-0.25, -0.2) is 0 Å². The molecule has 4 rings (SSSR count). The maximum absolute atomic E-state index is 12.9. The van der Waals surface area contributed by atoms with E-state index in [0.29, 0.717) is 43.6 Å². The van der Waals surface area contributed by atoms with Gasteiger partial charge in [0.25, 0.3) is 5.91 Å². The summed E-state index contributed by atoms with van der Waals surface area (Å²) in [7, 11) is 0. The Balaban J connectivity index is 1.58.